The van der Waals surface area contributed by atoms with Crippen LogP contribution in [-0.2, 0) is 11.3 Å². The lowest BCUT2D eigenvalue weighted by Gasteiger charge is -2.32. The van der Waals surface area contributed by atoms with Crippen molar-refractivity contribution in [3.63, 3.8) is 0 Å². The quantitative estimate of drug-likeness (QED) is 0.764. The van der Waals surface area contributed by atoms with Gasteiger partial charge in [0.15, 0.2) is 11.5 Å². The fraction of sp³-hybridized carbons (Fsp3) is 0.389. The molecule has 0 radical (unpaired) electrons. The number of aryl methyl sites for hydroxylation is 1. The smallest absolute Gasteiger partial charge is 0.225 e. The largest absolute Gasteiger partial charge is 0.354 e. The maximum absolute atomic E-state index is 12.6. The molecule has 8 nitrogen and oxygen atoms in total. The van der Waals surface area contributed by atoms with Crippen LogP contribution in [0.15, 0.2) is 36.7 Å². The third kappa shape index (κ3) is 3.35. The van der Waals surface area contributed by atoms with Crippen LogP contribution in [0.3, 0.4) is 0 Å². The maximum atomic E-state index is 12.6. The summed E-state index contributed by atoms with van der Waals surface area (Å²) in [6.45, 7) is 3.94. The zero-order valence-electron chi connectivity index (χ0n) is 14.7. The third-order valence-electron chi connectivity index (χ3n) is 4.71. The lowest BCUT2D eigenvalue weighted by molar-refractivity contribution is -0.125. The number of carbonyl (C=O) groups is 1. The van der Waals surface area contributed by atoms with Gasteiger partial charge in [0.2, 0.25) is 5.91 Å². The minimum absolute atomic E-state index is 0.0417. The molecule has 1 fully saturated rings. The third-order valence-corrected chi connectivity index (χ3v) is 4.71. The molecule has 4 rings (SSSR count). The fourth-order valence-electron chi connectivity index (χ4n) is 3.29. The first-order valence-corrected chi connectivity index (χ1v) is 8.81. The zero-order chi connectivity index (χ0) is 17.9. The first kappa shape index (κ1) is 16.4. The summed E-state index contributed by atoms with van der Waals surface area (Å²) >= 11 is 0. The molecule has 0 spiro atoms. The van der Waals surface area contributed by atoms with E-state index in [0.717, 1.165) is 42.2 Å². The molecule has 8 heteroatoms. The van der Waals surface area contributed by atoms with Gasteiger partial charge < -0.3 is 10.2 Å². The Labute approximate surface area is 151 Å². The topological polar surface area (TPSA) is 88.3 Å². The molecule has 0 aromatic carbocycles. The highest BCUT2D eigenvalue weighted by molar-refractivity contribution is 5.79. The highest BCUT2D eigenvalue weighted by Gasteiger charge is 2.26. The van der Waals surface area contributed by atoms with Crippen molar-refractivity contribution in [1.82, 2.24) is 30.1 Å². The average molecular weight is 351 g/mol. The molecule has 0 bridgehead atoms. The summed E-state index contributed by atoms with van der Waals surface area (Å²) in [5, 5.41) is 15.8. The minimum atomic E-state index is -0.0417. The first-order chi connectivity index (χ1) is 12.7. The Bertz CT molecular complexity index is 908. The van der Waals surface area contributed by atoms with Gasteiger partial charge in [0.05, 0.1) is 5.92 Å². The van der Waals surface area contributed by atoms with E-state index in [4.69, 9.17) is 0 Å². The molecular formula is C18H21N7O. The van der Waals surface area contributed by atoms with Crippen LogP contribution < -0.4 is 10.2 Å². The summed E-state index contributed by atoms with van der Waals surface area (Å²) < 4.78 is 1.74. The normalized spacial score (nSPS) is 17.4. The van der Waals surface area contributed by atoms with Crippen molar-refractivity contribution in [3.05, 3.63) is 48.0 Å². The summed E-state index contributed by atoms with van der Waals surface area (Å²) in [7, 11) is 0. The highest BCUT2D eigenvalue weighted by Crippen LogP contribution is 2.22. The van der Waals surface area contributed by atoms with E-state index in [-0.39, 0.29) is 11.8 Å². The summed E-state index contributed by atoms with van der Waals surface area (Å²) in [6, 6.07) is 7.69. The number of nitrogens with one attached hydrogen (secondary N) is 1. The number of nitrogens with zero attached hydrogens (tertiary/aromatic N) is 6. The van der Waals surface area contributed by atoms with E-state index < -0.39 is 0 Å². The number of hydrogen-bond acceptors (Lipinski definition) is 6. The minimum Gasteiger partial charge on any atom is -0.354 e. The van der Waals surface area contributed by atoms with Crippen molar-refractivity contribution >= 4 is 17.4 Å². The molecule has 1 atom stereocenters. The van der Waals surface area contributed by atoms with Gasteiger partial charge in [-0.1, -0.05) is 6.07 Å². The molecule has 1 aliphatic heterocycles. The molecule has 0 aliphatic carbocycles. The second-order valence-corrected chi connectivity index (χ2v) is 6.57. The number of fused-ring (bicyclic) bond motifs is 1. The predicted octanol–water partition coefficient (Wildman–Crippen LogP) is 1.36. The van der Waals surface area contributed by atoms with Crippen molar-refractivity contribution in [2.24, 2.45) is 5.92 Å². The van der Waals surface area contributed by atoms with Gasteiger partial charge in [0, 0.05) is 32.0 Å². The van der Waals surface area contributed by atoms with Gasteiger partial charge in [-0.2, -0.15) is 4.52 Å². The molecule has 3 aromatic heterocycles. The molecule has 26 heavy (non-hydrogen) atoms. The molecule has 1 N–H and O–H groups in total. The number of pyridine rings is 1. The second kappa shape index (κ2) is 7.07. The van der Waals surface area contributed by atoms with Gasteiger partial charge in [0.1, 0.15) is 5.82 Å². The number of hydrogen-bond donors (Lipinski definition) is 1. The Morgan fingerprint density at radius 3 is 3.08 bits per heavy atom. The first-order valence-electron chi connectivity index (χ1n) is 8.81. The number of piperidine rings is 1. The summed E-state index contributed by atoms with van der Waals surface area (Å²) in [5.74, 6) is 1.65. The van der Waals surface area contributed by atoms with Crippen LogP contribution in [0.5, 0.6) is 0 Å². The lowest BCUT2D eigenvalue weighted by atomic mass is 9.97. The molecule has 4 heterocycles. The van der Waals surface area contributed by atoms with E-state index >= 15 is 0 Å². The monoisotopic (exact) mass is 351 g/mol. The number of rotatable bonds is 4. The van der Waals surface area contributed by atoms with E-state index in [0.29, 0.717) is 13.1 Å². The lowest BCUT2D eigenvalue weighted by Crippen LogP contribution is -2.43. The molecule has 3 aromatic rings. The number of aromatic nitrogens is 5. The summed E-state index contributed by atoms with van der Waals surface area (Å²) in [4.78, 5) is 18.8. The average Bonchev–Trinajstić information content (AvgIpc) is 3.07. The molecule has 134 valence electrons. The predicted molar refractivity (Wildman–Crippen MR) is 96.5 cm³/mol. The number of anilines is 1. The van der Waals surface area contributed by atoms with Gasteiger partial charge in [-0.05, 0) is 43.5 Å². The van der Waals surface area contributed by atoms with Gasteiger partial charge in [-0.3, -0.25) is 9.78 Å². The van der Waals surface area contributed by atoms with Crippen molar-refractivity contribution in [2.45, 2.75) is 26.3 Å². The Morgan fingerprint density at radius 2 is 2.23 bits per heavy atom. The van der Waals surface area contributed by atoms with Crippen LogP contribution in [0, 0.1) is 12.8 Å². The standard InChI is InChI=1S/C18H21N7O/c1-13-21-22-16-6-7-17(23-25(13)16)24-9-3-5-15(12-24)18(26)20-11-14-4-2-8-19-10-14/h2,4,6-8,10,15H,3,5,9,11-12H2,1H3,(H,20,26)/t15-/m0/s1. The van der Waals surface area contributed by atoms with Crippen molar-refractivity contribution in [2.75, 3.05) is 18.0 Å². The van der Waals surface area contributed by atoms with E-state index in [2.05, 4.69) is 30.5 Å². The number of carbonyl (C=O) groups excluding carboxylic acids is 1. The van der Waals surface area contributed by atoms with Gasteiger partial charge >= 0.3 is 0 Å². The number of amides is 1. The summed E-state index contributed by atoms with van der Waals surface area (Å²) in [5.41, 5.74) is 1.73. The SMILES string of the molecule is Cc1nnc2ccc(N3CCC[C@H](C(=O)NCc4cccnc4)C3)nn12. The second-order valence-electron chi connectivity index (χ2n) is 6.57. The molecule has 1 saturated heterocycles. The van der Waals surface area contributed by atoms with E-state index in [9.17, 15) is 4.79 Å². The maximum Gasteiger partial charge on any atom is 0.225 e. The Kier molecular flexibility index (Phi) is 4.47. The van der Waals surface area contributed by atoms with Gasteiger partial charge in [0.25, 0.3) is 0 Å². The van der Waals surface area contributed by atoms with Crippen LogP contribution in [0.2, 0.25) is 0 Å². The molecular weight excluding hydrogens is 330 g/mol. The Hall–Kier alpha value is -3.03. The molecule has 0 unspecified atom stereocenters. The highest BCUT2D eigenvalue weighted by atomic mass is 16.1. The van der Waals surface area contributed by atoms with Gasteiger partial charge in [-0.15, -0.1) is 15.3 Å². The fourth-order valence-corrected chi connectivity index (χ4v) is 3.29. The zero-order valence-corrected chi connectivity index (χ0v) is 14.7. The van der Waals surface area contributed by atoms with Gasteiger partial charge in [-0.25, -0.2) is 0 Å². The van der Waals surface area contributed by atoms with Crippen LogP contribution >= 0.6 is 0 Å². The van der Waals surface area contributed by atoms with E-state index in [1.807, 2.05) is 31.2 Å². The molecule has 0 saturated carbocycles. The Morgan fingerprint density at radius 1 is 1.31 bits per heavy atom. The van der Waals surface area contributed by atoms with Crippen molar-refractivity contribution in [1.29, 1.82) is 0 Å². The summed E-state index contributed by atoms with van der Waals surface area (Å²) in [6.07, 6.45) is 5.36. The van der Waals surface area contributed by atoms with E-state index in [1.54, 1.807) is 16.9 Å². The van der Waals surface area contributed by atoms with E-state index in [1.165, 1.54) is 0 Å². The van der Waals surface area contributed by atoms with Crippen LogP contribution in [0.25, 0.3) is 5.65 Å². The van der Waals surface area contributed by atoms with Crippen LogP contribution in [0.4, 0.5) is 5.82 Å². The van der Waals surface area contributed by atoms with Crippen molar-refractivity contribution in [3.8, 4) is 0 Å². The van der Waals surface area contributed by atoms with Crippen LogP contribution in [-0.4, -0.2) is 43.8 Å². The Balaban J connectivity index is 1.42. The molecule has 1 amide bonds. The van der Waals surface area contributed by atoms with Crippen LogP contribution in [0.1, 0.15) is 24.2 Å². The van der Waals surface area contributed by atoms with Crippen molar-refractivity contribution < 1.29 is 4.79 Å². The molecule has 1 aliphatic rings.